The van der Waals surface area contributed by atoms with Crippen molar-refractivity contribution in [3.05, 3.63) is 47.8 Å². The SMILES string of the molecule is CC(C)Oc1cccc(CNCc2ccn(C)n2)c1. The monoisotopic (exact) mass is 259 g/mol. The Morgan fingerprint density at radius 2 is 2.11 bits per heavy atom. The second-order valence-corrected chi connectivity index (χ2v) is 4.90. The summed E-state index contributed by atoms with van der Waals surface area (Å²) in [4.78, 5) is 0. The van der Waals surface area contributed by atoms with Crippen LogP contribution in [0.25, 0.3) is 0 Å². The average molecular weight is 259 g/mol. The smallest absolute Gasteiger partial charge is 0.120 e. The molecule has 0 aliphatic heterocycles. The van der Waals surface area contributed by atoms with Gasteiger partial charge in [0.1, 0.15) is 5.75 Å². The second kappa shape index (κ2) is 6.38. The highest BCUT2D eigenvalue weighted by atomic mass is 16.5. The van der Waals surface area contributed by atoms with Crippen molar-refractivity contribution in [2.24, 2.45) is 7.05 Å². The van der Waals surface area contributed by atoms with E-state index in [9.17, 15) is 0 Å². The molecule has 0 spiro atoms. The van der Waals surface area contributed by atoms with Gasteiger partial charge in [0.25, 0.3) is 0 Å². The highest BCUT2D eigenvalue weighted by molar-refractivity contribution is 5.28. The molecule has 2 aromatic rings. The first-order valence-corrected chi connectivity index (χ1v) is 6.58. The third-order valence-corrected chi connectivity index (χ3v) is 2.67. The van der Waals surface area contributed by atoms with Gasteiger partial charge in [0.15, 0.2) is 0 Å². The molecule has 1 aromatic heterocycles. The highest BCUT2D eigenvalue weighted by Gasteiger charge is 2.00. The summed E-state index contributed by atoms with van der Waals surface area (Å²) in [7, 11) is 1.93. The molecular weight excluding hydrogens is 238 g/mol. The molecule has 0 saturated heterocycles. The summed E-state index contributed by atoms with van der Waals surface area (Å²) in [6.45, 7) is 5.65. The number of rotatable bonds is 6. The number of hydrogen-bond acceptors (Lipinski definition) is 3. The van der Waals surface area contributed by atoms with Gasteiger partial charge < -0.3 is 10.1 Å². The van der Waals surface area contributed by atoms with Crippen molar-refractivity contribution in [3.8, 4) is 5.75 Å². The lowest BCUT2D eigenvalue weighted by Crippen LogP contribution is -2.13. The summed E-state index contributed by atoms with van der Waals surface area (Å²) in [5.41, 5.74) is 2.27. The van der Waals surface area contributed by atoms with Crippen LogP contribution in [0.2, 0.25) is 0 Å². The molecule has 0 fully saturated rings. The molecule has 0 bridgehead atoms. The largest absolute Gasteiger partial charge is 0.491 e. The Bertz CT molecular complexity index is 520. The molecule has 4 nitrogen and oxygen atoms in total. The maximum absolute atomic E-state index is 5.68. The Morgan fingerprint density at radius 3 is 2.79 bits per heavy atom. The van der Waals surface area contributed by atoms with Crippen molar-refractivity contribution >= 4 is 0 Å². The van der Waals surface area contributed by atoms with Gasteiger partial charge in [-0.1, -0.05) is 12.1 Å². The van der Waals surface area contributed by atoms with Crippen LogP contribution in [0.4, 0.5) is 0 Å². The molecule has 102 valence electrons. The van der Waals surface area contributed by atoms with Gasteiger partial charge >= 0.3 is 0 Å². The second-order valence-electron chi connectivity index (χ2n) is 4.90. The zero-order valence-electron chi connectivity index (χ0n) is 11.8. The first-order valence-electron chi connectivity index (χ1n) is 6.58. The van der Waals surface area contributed by atoms with E-state index in [0.29, 0.717) is 0 Å². The van der Waals surface area contributed by atoms with Gasteiger partial charge in [-0.3, -0.25) is 4.68 Å². The summed E-state index contributed by atoms with van der Waals surface area (Å²) in [6, 6.07) is 10.2. The fourth-order valence-corrected chi connectivity index (χ4v) is 1.89. The zero-order chi connectivity index (χ0) is 13.7. The van der Waals surface area contributed by atoms with Crippen molar-refractivity contribution in [1.29, 1.82) is 0 Å². The minimum Gasteiger partial charge on any atom is -0.491 e. The van der Waals surface area contributed by atoms with E-state index < -0.39 is 0 Å². The predicted molar refractivity (Wildman–Crippen MR) is 76.0 cm³/mol. The first-order chi connectivity index (χ1) is 9.13. The number of nitrogens with one attached hydrogen (secondary N) is 1. The van der Waals surface area contributed by atoms with Gasteiger partial charge in [-0.2, -0.15) is 5.10 Å². The van der Waals surface area contributed by atoms with Gasteiger partial charge in [0, 0.05) is 26.3 Å². The quantitative estimate of drug-likeness (QED) is 0.866. The number of aryl methyl sites for hydroxylation is 1. The number of nitrogens with zero attached hydrogens (tertiary/aromatic N) is 2. The Hall–Kier alpha value is -1.81. The van der Waals surface area contributed by atoms with Crippen LogP contribution in [-0.2, 0) is 20.1 Å². The van der Waals surface area contributed by atoms with Crippen LogP contribution in [0.5, 0.6) is 5.75 Å². The molecule has 2 rings (SSSR count). The Balaban J connectivity index is 1.85. The molecule has 0 radical (unpaired) electrons. The van der Waals surface area contributed by atoms with Crippen LogP contribution in [0.1, 0.15) is 25.1 Å². The van der Waals surface area contributed by atoms with E-state index in [1.165, 1.54) is 5.56 Å². The maximum Gasteiger partial charge on any atom is 0.120 e. The summed E-state index contributed by atoms with van der Waals surface area (Å²) >= 11 is 0. The molecule has 0 aliphatic carbocycles. The van der Waals surface area contributed by atoms with Crippen molar-refractivity contribution < 1.29 is 4.74 Å². The van der Waals surface area contributed by atoms with E-state index in [1.54, 1.807) is 0 Å². The van der Waals surface area contributed by atoms with Crippen LogP contribution in [0.15, 0.2) is 36.5 Å². The number of hydrogen-bond donors (Lipinski definition) is 1. The van der Waals surface area contributed by atoms with E-state index in [4.69, 9.17) is 4.74 Å². The van der Waals surface area contributed by atoms with E-state index in [0.717, 1.165) is 24.5 Å². The average Bonchev–Trinajstić information content (AvgIpc) is 2.75. The molecule has 0 saturated carbocycles. The van der Waals surface area contributed by atoms with Crippen LogP contribution in [0.3, 0.4) is 0 Å². The van der Waals surface area contributed by atoms with E-state index in [1.807, 2.05) is 50.0 Å². The molecule has 1 aromatic carbocycles. The summed E-state index contributed by atoms with van der Waals surface area (Å²) in [5, 5.41) is 7.71. The molecule has 0 atom stereocenters. The fraction of sp³-hybridized carbons (Fsp3) is 0.400. The summed E-state index contributed by atoms with van der Waals surface area (Å²) in [6.07, 6.45) is 2.16. The van der Waals surface area contributed by atoms with Gasteiger partial charge in [-0.05, 0) is 37.6 Å². The minimum absolute atomic E-state index is 0.205. The lowest BCUT2D eigenvalue weighted by molar-refractivity contribution is 0.242. The molecule has 0 amide bonds. The number of aromatic nitrogens is 2. The highest BCUT2D eigenvalue weighted by Crippen LogP contribution is 2.14. The Labute approximate surface area is 114 Å². The normalized spacial score (nSPS) is 10.9. The molecular formula is C15H21N3O. The fourth-order valence-electron chi connectivity index (χ4n) is 1.89. The summed E-state index contributed by atoms with van der Waals surface area (Å²) < 4.78 is 7.49. The van der Waals surface area contributed by atoms with Crippen LogP contribution in [0, 0.1) is 0 Å². The lowest BCUT2D eigenvalue weighted by Gasteiger charge is -2.11. The van der Waals surface area contributed by atoms with Crippen LogP contribution >= 0.6 is 0 Å². The third-order valence-electron chi connectivity index (χ3n) is 2.67. The number of benzene rings is 1. The molecule has 0 unspecified atom stereocenters. The standard InChI is InChI=1S/C15H21N3O/c1-12(2)19-15-6-4-5-13(9-15)10-16-11-14-7-8-18(3)17-14/h4-9,12,16H,10-11H2,1-3H3. The van der Waals surface area contributed by atoms with Crippen LogP contribution < -0.4 is 10.1 Å². The van der Waals surface area contributed by atoms with E-state index in [-0.39, 0.29) is 6.10 Å². The Kier molecular flexibility index (Phi) is 4.58. The predicted octanol–water partition coefficient (Wildman–Crippen LogP) is 2.50. The number of ether oxygens (including phenoxy) is 1. The van der Waals surface area contributed by atoms with Gasteiger partial charge in [0.05, 0.1) is 11.8 Å². The van der Waals surface area contributed by atoms with Crippen molar-refractivity contribution in [2.75, 3.05) is 0 Å². The zero-order valence-corrected chi connectivity index (χ0v) is 11.8. The minimum atomic E-state index is 0.205. The van der Waals surface area contributed by atoms with Gasteiger partial charge in [-0.15, -0.1) is 0 Å². The first kappa shape index (κ1) is 13.6. The van der Waals surface area contributed by atoms with Crippen molar-refractivity contribution in [1.82, 2.24) is 15.1 Å². The molecule has 0 aliphatic rings. The van der Waals surface area contributed by atoms with Crippen molar-refractivity contribution in [2.45, 2.75) is 33.0 Å². The topological polar surface area (TPSA) is 39.1 Å². The molecule has 1 N–H and O–H groups in total. The third kappa shape index (κ3) is 4.41. The van der Waals surface area contributed by atoms with E-state index in [2.05, 4.69) is 22.5 Å². The lowest BCUT2D eigenvalue weighted by atomic mass is 10.2. The van der Waals surface area contributed by atoms with Gasteiger partial charge in [0.2, 0.25) is 0 Å². The molecule has 1 heterocycles. The molecule has 4 heteroatoms. The Morgan fingerprint density at radius 1 is 1.26 bits per heavy atom. The molecule has 19 heavy (non-hydrogen) atoms. The van der Waals surface area contributed by atoms with Gasteiger partial charge in [-0.25, -0.2) is 0 Å². The maximum atomic E-state index is 5.68. The van der Waals surface area contributed by atoms with Crippen molar-refractivity contribution in [3.63, 3.8) is 0 Å². The summed E-state index contributed by atoms with van der Waals surface area (Å²) in [5.74, 6) is 0.923. The van der Waals surface area contributed by atoms with E-state index >= 15 is 0 Å². The van der Waals surface area contributed by atoms with Crippen LogP contribution in [-0.4, -0.2) is 15.9 Å².